The number of unbranched alkanes of at least 4 members (excludes halogenated alkanes) is 1. The molecule has 0 saturated heterocycles. The summed E-state index contributed by atoms with van der Waals surface area (Å²) in [6.45, 7) is 2.17. The number of carbonyl (C=O) groups is 1. The van der Waals surface area contributed by atoms with E-state index in [2.05, 4.69) is 34.2 Å². The fraction of sp³-hybridized carbons (Fsp3) is 0.235. The van der Waals surface area contributed by atoms with Crippen molar-refractivity contribution in [3.63, 3.8) is 0 Å². The largest absolute Gasteiger partial charge is 0.321 e. The predicted molar refractivity (Wildman–Crippen MR) is 92.2 cm³/mol. The average molecular weight is 367 g/mol. The van der Waals surface area contributed by atoms with Gasteiger partial charge in [0, 0.05) is 4.47 Å². The third-order valence-electron chi connectivity index (χ3n) is 3.22. The average Bonchev–Trinajstić information content (AvgIpc) is 2.48. The highest BCUT2D eigenvalue weighted by molar-refractivity contribution is 9.10. The van der Waals surface area contributed by atoms with Gasteiger partial charge in [-0.1, -0.05) is 43.1 Å². The molecule has 0 fully saturated rings. The van der Waals surface area contributed by atoms with Crippen molar-refractivity contribution in [2.75, 3.05) is 5.32 Å². The van der Waals surface area contributed by atoms with E-state index in [0.717, 1.165) is 23.0 Å². The summed E-state index contributed by atoms with van der Waals surface area (Å²) in [6, 6.07) is 13.0. The fourth-order valence-corrected chi connectivity index (χ4v) is 2.78. The minimum Gasteiger partial charge on any atom is -0.321 e. The van der Waals surface area contributed by atoms with E-state index in [0.29, 0.717) is 10.6 Å². The maximum absolute atomic E-state index is 12.2. The summed E-state index contributed by atoms with van der Waals surface area (Å²) < 4.78 is 0.886. The van der Waals surface area contributed by atoms with Crippen molar-refractivity contribution in [3.05, 3.63) is 63.1 Å². The molecule has 4 heteroatoms. The number of nitrogens with one attached hydrogen (secondary N) is 1. The molecule has 1 amide bonds. The van der Waals surface area contributed by atoms with Gasteiger partial charge in [-0.15, -0.1) is 0 Å². The molecule has 0 aliphatic rings. The highest BCUT2D eigenvalue weighted by Gasteiger charge is 2.11. The zero-order valence-electron chi connectivity index (χ0n) is 11.8. The third kappa shape index (κ3) is 4.32. The van der Waals surface area contributed by atoms with Crippen molar-refractivity contribution in [3.8, 4) is 0 Å². The van der Waals surface area contributed by atoms with Crippen molar-refractivity contribution in [2.45, 2.75) is 26.2 Å². The summed E-state index contributed by atoms with van der Waals surface area (Å²) in [4.78, 5) is 12.2. The molecule has 110 valence electrons. The van der Waals surface area contributed by atoms with Crippen LogP contribution in [0.4, 0.5) is 5.69 Å². The van der Waals surface area contributed by atoms with E-state index >= 15 is 0 Å². The molecule has 0 aliphatic carbocycles. The van der Waals surface area contributed by atoms with E-state index < -0.39 is 0 Å². The van der Waals surface area contributed by atoms with E-state index in [1.807, 2.05) is 12.1 Å². The quantitative estimate of drug-likeness (QED) is 0.723. The van der Waals surface area contributed by atoms with Crippen molar-refractivity contribution in [1.82, 2.24) is 0 Å². The lowest BCUT2D eigenvalue weighted by atomic mass is 10.1. The first-order valence-electron chi connectivity index (χ1n) is 6.96. The second-order valence-corrected chi connectivity index (χ2v) is 6.11. The maximum atomic E-state index is 12.2. The number of anilines is 1. The number of hydrogen-bond acceptors (Lipinski definition) is 1. The summed E-state index contributed by atoms with van der Waals surface area (Å²) >= 11 is 9.55. The van der Waals surface area contributed by atoms with Gasteiger partial charge in [0.05, 0.1) is 16.3 Å². The van der Waals surface area contributed by atoms with Crippen LogP contribution in [-0.2, 0) is 6.42 Å². The zero-order valence-corrected chi connectivity index (χ0v) is 14.2. The Kier molecular flexibility index (Phi) is 5.83. The lowest BCUT2D eigenvalue weighted by molar-refractivity contribution is 0.102. The normalized spacial score (nSPS) is 10.4. The van der Waals surface area contributed by atoms with Crippen LogP contribution in [0, 0.1) is 0 Å². The van der Waals surface area contributed by atoms with Gasteiger partial charge in [-0.2, -0.15) is 0 Å². The molecule has 0 atom stereocenters. The Labute approximate surface area is 138 Å². The van der Waals surface area contributed by atoms with Crippen LogP contribution in [0.15, 0.2) is 46.9 Å². The molecule has 0 saturated carbocycles. The predicted octanol–water partition coefficient (Wildman–Crippen LogP) is 5.70. The topological polar surface area (TPSA) is 29.1 Å². The highest BCUT2D eigenvalue weighted by atomic mass is 79.9. The standard InChI is InChI=1S/C17H17BrClNO/c1-2-3-6-12-9-10-16(14(18)11-12)20-17(21)13-7-4-5-8-15(13)19/h4-5,7-11H,2-3,6H2,1H3,(H,20,21). The van der Waals surface area contributed by atoms with E-state index in [-0.39, 0.29) is 5.91 Å². The summed E-state index contributed by atoms with van der Waals surface area (Å²) in [5, 5.41) is 3.33. The number of amides is 1. The summed E-state index contributed by atoms with van der Waals surface area (Å²) in [5.41, 5.74) is 2.49. The second-order valence-electron chi connectivity index (χ2n) is 4.85. The number of carbonyl (C=O) groups excluding carboxylic acids is 1. The molecule has 2 aromatic carbocycles. The number of halogens is 2. The Morgan fingerprint density at radius 3 is 2.67 bits per heavy atom. The molecular weight excluding hydrogens is 350 g/mol. The molecule has 21 heavy (non-hydrogen) atoms. The molecule has 0 aliphatic heterocycles. The number of aryl methyl sites for hydroxylation is 1. The zero-order chi connectivity index (χ0) is 15.2. The van der Waals surface area contributed by atoms with Gasteiger partial charge in [0.25, 0.3) is 5.91 Å². The molecule has 2 aromatic rings. The third-order valence-corrected chi connectivity index (χ3v) is 4.20. The Hall–Kier alpha value is -1.32. The Morgan fingerprint density at radius 1 is 1.24 bits per heavy atom. The molecular formula is C17H17BrClNO. The highest BCUT2D eigenvalue weighted by Crippen LogP contribution is 2.26. The molecule has 2 nitrogen and oxygen atoms in total. The van der Waals surface area contributed by atoms with E-state index in [1.165, 1.54) is 12.0 Å². The van der Waals surface area contributed by atoms with Crippen LogP contribution in [0.3, 0.4) is 0 Å². The van der Waals surface area contributed by atoms with Gasteiger partial charge in [-0.25, -0.2) is 0 Å². The molecule has 0 radical (unpaired) electrons. The first-order valence-corrected chi connectivity index (χ1v) is 8.13. The molecule has 0 bridgehead atoms. The van der Waals surface area contributed by atoms with Crippen LogP contribution < -0.4 is 5.32 Å². The van der Waals surface area contributed by atoms with Crippen LogP contribution in [0.1, 0.15) is 35.7 Å². The second kappa shape index (κ2) is 7.62. The van der Waals surface area contributed by atoms with Gasteiger partial charge < -0.3 is 5.32 Å². The van der Waals surface area contributed by atoms with Crippen molar-refractivity contribution in [2.24, 2.45) is 0 Å². The van der Waals surface area contributed by atoms with Crippen LogP contribution in [0.5, 0.6) is 0 Å². The Morgan fingerprint density at radius 2 is 2.00 bits per heavy atom. The fourth-order valence-electron chi connectivity index (χ4n) is 2.03. The van der Waals surface area contributed by atoms with Gasteiger partial charge in [0.1, 0.15) is 0 Å². The van der Waals surface area contributed by atoms with Crippen molar-refractivity contribution >= 4 is 39.1 Å². The van der Waals surface area contributed by atoms with E-state index in [4.69, 9.17) is 11.6 Å². The van der Waals surface area contributed by atoms with Gasteiger partial charge in [-0.3, -0.25) is 4.79 Å². The molecule has 0 spiro atoms. The summed E-state index contributed by atoms with van der Waals surface area (Å²) in [6.07, 6.45) is 3.38. The Bertz CT molecular complexity index is 642. The minimum atomic E-state index is -0.206. The summed E-state index contributed by atoms with van der Waals surface area (Å²) in [7, 11) is 0. The van der Waals surface area contributed by atoms with Gasteiger partial charge >= 0.3 is 0 Å². The van der Waals surface area contributed by atoms with Crippen LogP contribution >= 0.6 is 27.5 Å². The lowest BCUT2D eigenvalue weighted by Gasteiger charge is -2.10. The molecule has 0 aromatic heterocycles. The SMILES string of the molecule is CCCCc1ccc(NC(=O)c2ccccc2Cl)c(Br)c1. The van der Waals surface area contributed by atoms with Crippen molar-refractivity contribution in [1.29, 1.82) is 0 Å². The molecule has 1 N–H and O–H groups in total. The van der Waals surface area contributed by atoms with Crippen LogP contribution in [-0.4, -0.2) is 5.91 Å². The van der Waals surface area contributed by atoms with E-state index in [9.17, 15) is 4.79 Å². The van der Waals surface area contributed by atoms with Crippen molar-refractivity contribution < 1.29 is 4.79 Å². The van der Waals surface area contributed by atoms with Gasteiger partial charge in [-0.05, 0) is 58.6 Å². The first-order chi connectivity index (χ1) is 10.1. The number of rotatable bonds is 5. The maximum Gasteiger partial charge on any atom is 0.257 e. The monoisotopic (exact) mass is 365 g/mol. The first kappa shape index (κ1) is 16.1. The van der Waals surface area contributed by atoms with Gasteiger partial charge in [0.15, 0.2) is 0 Å². The van der Waals surface area contributed by atoms with E-state index in [1.54, 1.807) is 24.3 Å². The Balaban J connectivity index is 2.13. The lowest BCUT2D eigenvalue weighted by Crippen LogP contribution is -2.12. The molecule has 2 rings (SSSR count). The summed E-state index contributed by atoms with van der Waals surface area (Å²) in [5.74, 6) is -0.206. The van der Waals surface area contributed by atoms with Crippen LogP contribution in [0.25, 0.3) is 0 Å². The van der Waals surface area contributed by atoms with Crippen LogP contribution in [0.2, 0.25) is 5.02 Å². The smallest absolute Gasteiger partial charge is 0.257 e. The molecule has 0 heterocycles. The number of hydrogen-bond donors (Lipinski definition) is 1. The van der Waals surface area contributed by atoms with Gasteiger partial charge in [0.2, 0.25) is 0 Å². The molecule has 0 unspecified atom stereocenters. The number of benzene rings is 2. The minimum absolute atomic E-state index is 0.206.